The van der Waals surface area contributed by atoms with Crippen molar-refractivity contribution in [2.24, 2.45) is 0 Å². The number of aliphatic hydroxyl groups is 1. The van der Waals surface area contributed by atoms with Crippen molar-refractivity contribution in [1.82, 2.24) is 5.32 Å². The number of halogens is 2. The molecule has 2 unspecified atom stereocenters. The van der Waals surface area contributed by atoms with Gasteiger partial charge < -0.3 is 20.1 Å². The first-order valence-corrected chi connectivity index (χ1v) is 7.89. The molecule has 0 radical (unpaired) electrons. The quantitative estimate of drug-likeness (QED) is 0.782. The molecule has 4 nitrogen and oxygen atoms in total. The maximum Gasteiger partial charge on any atom is 0.118 e. The van der Waals surface area contributed by atoms with Gasteiger partial charge in [0.25, 0.3) is 0 Å². The van der Waals surface area contributed by atoms with Crippen molar-refractivity contribution in [3.8, 4) is 5.75 Å². The van der Waals surface area contributed by atoms with Crippen molar-refractivity contribution in [3.63, 3.8) is 0 Å². The van der Waals surface area contributed by atoms with Crippen molar-refractivity contribution in [1.29, 1.82) is 0 Å². The Bertz CT molecular complexity index is 605. The molecule has 2 aromatic carbocycles. The summed E-state index contributed by atoms with van der Waals surface area (Å²) in [5.74, 6) is 0.796. The summed E-state index contributed by atoms with van der Waals surface area (Å²) in [6.45, 7) is 0.495. The molecule has 2 rings (SSSR count). The highest BCUT2D eigenvalue weighted by Crippen LogP contribution is 2.30. The fourth-order valence-corrected chi connectivity index (χ4v) is 2.79. The molecule has 0 aliphatic rings. The molecule has 0 saturated heterocycles. The van der Waals surface area contributed by atoms with Crippen LogP contribution in [0, 0.1) is 0 Å². The third-order valence-corrected chi connectivity index (χ3v) is 4.14. The summed E-state index contributed by atoms with van der Waals surface area (Å²) in [4.78, 5) is 2.06. The summed E-state index contributed by atoms with van der Waals surface area (Å²) >= 11 is 5.97. The molecule has 0 spiro atoms. The summed E-state index contributed by atoms with van der Waals surface area (Å²) in [5, 5.41) is 14.3. The van der Waals surface area contributed by atoms with E-state index in [1.165, 1.54) is 0 Å². The molecule has 0 aliphatic heterocycles. The number of nitrogens with zero attached hydrogens (tertiary/aromatic N) is 1. The number of benzene rings is 2. The zero-order valence-corrected chi connectivity index (χ0v) is 15.6. The van der Waals surface area contributed by atoms with E-state index in [2.05, 4.69) is 10.2 Å². The van der Waals surface area contributed by atoms with Crippen molar-refractivity contribution >= 4 is 29.7 Å². The number of likely N-dealkylation sites (N-methyl/N-ethyl adjacent to an activating group) is 2. The van der Waals surface area contributed by atoms with Crippen LogP contribution >= 0.6 is 24.0 Å². The van der Waals surface area contributed by atoms with Gasteiger partial charge in [0.1, 0.15) is 5.75 Å². The van der Waals surface area contributed by atoms with Gasteiger partial charge in [0.15, 0.2) is 0 Å². The van der Waals surface area contributed by atoms with E-state index in [0.717, 1.165) is 17.0 Å². The van der Waals surface area contributed by atoms with Gasteiger partial charge in [-0.05, 0) is 49.0 Å². The van der Waals surface area contributed by atoms with Gasteiger partial charge >= 0.3 is 0 Å². The molecule has 132 valence electrons. The lowest BCUT2D eigenvalue weighted by atomic mass is 9.99. The monoisotopic (exact) mass is 370 g/mol. The van der Waals surface area contributed by atoms with Crippen LogP contribution in [0.4, 0.5) is 5.69 Å². The number of hydrogen-bond acceptors (Lipinski definition) is 4. The second kappa shape index (κ2) is 9.74. The lowest BCUT2D eigenvalue weighted by molar-refractivity contribution is 0.142. The second-order valence-corrected chi connectivity index (χ2v) is 5.87. The van der Waals surface area contributed by atoms with Gasteiger partial charge in [0.05, 0.1) is 19.3 Å². The molecule has 0 bridgehead atoms. The van der Waals surface area contributed by atoms with Crippen molar-refractivity contribution in [2.45, 2.75) is 12.1 Å². The number of aliphatic hydroxyl groups excluding tert-OH is 1. The Morgan fingerprint density at radius 3 is 2.21 bits per heavy atom. The second-order valence-electron chi connectivity index (χ2n) is 5.43. The third-order valence-electron chi connectivity index (χ3n) is 3.89. The molecule has 0 aliphatic carbocycles. The smallest absolute Gasteiger partial charge is 0.118 e. The van der Waals surface area contributed by atoms with Crippen LogP contribution in [0.1, 0.15) is 11.6 Å². The molecule has 0 aromatic heterocycles. The number of methoxy groups -OCH3 is 1. The Labute approximate surface area is 154 Å². The van der Waals surface area contributed by atoms with Crippen LogP contribution < -0.4 is 15.0 Å². The van der Waals surface area contributed by atoms with Crippen molar-refractivity contribution < 1.29 is 9.84 Å². The number of rotatable bonds is 7. The molecular weight excluding hydrogens is 347 g/mol. The number of nitrogens with one attached hydrogen (secondary N) is 1. The average Bonchev–Trinajstić information content (AvgIpc) is 2.56. The van der Waals surface area contributed by atoms with Gasteiger partial charge in [-0.15, -0.1) is 12.4 Å². The maximum atomic E-state index is 10.6. The Morgan fingerprint density at radius 1 is 1.12 bits per heavy atom. The van der Waals surface area contributed by atoms with Gasteiger partial charge in [-0.2, -0.15) is 0 Å². The highest BCUT2D eigenvalue weighted by atomic mass is 35.5. The Hall–Kier alpha value is -1.46. The van der Waals surface area contributed by atoms with E-state index in [0.29, 0.717) is 11.6 Å². The van der Waals surface area contributed by atoms with E-state index >= 15 is 0 Å². The molecule has 24 heavy (non-hydrogen) atoms. The summed E-state index contributed by atoms with van der Waals surface area (Å²) in [7, 11) is 5.44. The van der Waals surface area contributed by atoms with Crippen molar-refractivity contribution in [2.75, 3.05) is 32.6 Å². The van der Waals surface area contributed by atoms with Gasteiger partial charge in [-0.3, -0.25) is 0 Å². The number of ether oxygens (including phenoxy) is 1. The normalized spacial score (nSPS) is 12.9. The molecule has 0 heterocycles. The molecule has 0 amide bonds. The fourth-order valence-electron chi connectivity index (χ4n) is 2.66. The van der Waals surface area contributed by atoms with Gasteiger partial charge in [0, 0.05) is 24.3 Å². The lowest BCUT2D eigenvalue weighted by Gasteiger charge is -2.34. The van der Waals surface area contributed by atoms with Crippen LogP contribution in [0.25, 0.3) is 0 Å². The minimum absolute atomic E-state index is 0. The van der Waals surface area contributed by atoms with Gasteiger partial charge in [-0.1, -0.05) is 23.7 Å². The van der Waals surface area contributed by atoms with Crippen LogP contribution in [-0.2, 0) is 0 Å². The van der Waals surface area contributed by atoms with Crippen LogP contribution in [0.2, 0.25) is 5.02 Å². The average molecular weight is 371 g/mol. The summed E-state index contributed by atoms with van der Waals surface area (Å²) < 4.78 is 5.21. The van der Waals surface area contributed by atoms with Gasteiger partial charge in [0.2, 0.25) is 0 Å². The largest absolute Gasteiger partial charge is 0.497 e. The topological polar surface area (TPSA) is 44.7 Å². The van der Waals surface area contributed by atoms with Crippen LogP contribution in [0.15, 0.2) is 48.5 Å². The first kappa shape index (κ1) is 20.6. The van der Waals surface area contributed by atoms with Crippen molar-refractivity contribution in [3.05, 3.63) is 59.1 Å². The zero-order valence-electron chi connectivity index (χ0n) is 14.1. The summed E-state index contributed by atoms with van der Waals surface area (Å²) in [5.41, 5.74) is 2.01. The zero-order chi connectivity index (χ0) is 16.8. The lowest BCUT2D eigenvalue weighted by Crippen LogP contribution is -2.39. The van der Waals surface area contributed by atoms with E-state index in [9.17, 15) is 5.11 Å². The first-order valence-electron chi connectivity index (χ1n) is 7.52. The standard InChI is InChI=1S/C18H23ClN2O2.ClH/c1-20-12-17(22)18(13-4-10-16(23-3)11-5-13)21(2)15-8-6-14(19)7-9-15;/h4-11,17-18,20,22H,12H2,1-3H3;1H. The Balaban J connectivity index is 0.00000288. The Morgan fingerprint density at radius 2 is 1.71 bits per heavy atom. The van der Waals surface area contributed by atoms with Crippen LogP contribution in [0.3, 0.4) is 0 Å². The van der Waals surface area contributed by atoms with E-state index in [4.69, 9.17) is 16.3 Å². The molecule has 0 fully saturated rings. The highest BCUT2D eigenvalue weighted by Gasteiger charge is 2.25. The first-order chi connectivity index (χ1) is 11.1. The van der Waals surface area contributed by atoms with Crippen LogP contribution in [0.5, 0.6) is 5.75 Å². The summed E-state index contributed by atoms with van der Waals surface area (Å²) in [6.07, 6.45) is -0.561. The van der Waals surface area contributed by atoms with Gasteiger partial charge in [-0.25, -0.2) is 0 Å². The van der Waals surface area contributed by atoms with E-state index in [1.54, 1.807) is 7.11 Å². The molecule has 6 heteroatoms. The minimum atomic E-state index is -0.561. The molecule has 0 saturated carbocycles. The molecule has 2 aromatic rings. The molecule has 2 N–H and O–H groups in total. The predicted molar refractivity (Wildman–Crippen MR) is 103 cm³/mol. The number of hydrogen-bond donors (Lipinski definition) is 2. The summed E-state index contributed by atoms with van der Waals surface area (Å²) in [6, 6.07) is 15.2. The third kappa shape index (κ3) is 5.02. The maximum absolute atomic E-state index is 10.6. The van der Waals surface area contributed by atoms with E-state index in [1.807, 2.05) is 62.6 Å². The SMILES string of the molecule is CNCC(O)C(c1ccc(OC)cc1)N(C)c1ccc(Cl)cc1.Cl. The minimum Gasteiger partial charge on any atom is -0.497 e. The van der Waals surface area contributed by atoms with Crippen LogP contribution in [-0.4, -0.2) is 39.0 Å². The Kier molecular flexibility index (Phi) is 8.36. The molecule has 2 atom stereocenters. The van der Waals surface area contributed by atoms with E-state index in [-0.39, 0.29) is 18.4 Å². The molecular formula is C18H24Cl2N2O2. The fraction of sp³-hybridized carbons (Fsp3) is 0.333. The number of anilines is 1. The highest BCUT2D eigenvalue weighted by molar-refractivity contribution is 6.30. The predicted octanol–water partition coefficient (Wildman–Crippen LogP) is 3.53. The van der Waals surface area contributed by atoms with E-state index < -0.39 is 6.10 Å².